The van der Waals surface area contributed by atoms with Gasteiger partial charge >= 0.3 is 5.97 Å². The Morgan fingerprint density at radius 3 is 2.70 bits per heavy atom. The second-order valence-electron chi connectivity index (χ2n) is 3.62. The molecule has 8 heteroatoms. The van der Waals surface area contributed by atoms with Crippen molar-refractivity contribution < 1.29 is 19.2 Å². The van der Waals surface area contributed by atoms with Gasteiger partial charge in [0.1, 0.15) is 5.69 Å². The van der Waals surface area contributed by atoms with Crippen LogP contribution in [0, 0.1) is 10.1 Å². The molecule has 1 N–H and O–H groups in total. The fourth-order valence-corrected chi connectivity index (χ4v) is 1.96. The van der Waals surface area contributed by atoms with Crippen molar-refractivity contribution >= 4 is 35.0 Å². The molecule has 1 aromatic rings. The molecule has 108 valence electrons. The first-order valence-corrected chi connectivity index (χ1v) is 6.96. The highest BCUT2D eigenvalue weighted by molar-refractivity contribution is 8.00. The molecule has 0 unspecified atom stereocenters. The Kier molecular flexibility index (Phi) is 6.51. The number of thioether (sulfide) groups is 1. The maximum Gasteiger partial charge on any atom is 0.315 e. The summed E-state index contributed by atoms with van der Waals surface area (Å²) in [5, 5.41) is 13.2. The van der Waals surface area contributed by atoms with Gasteiger partial charge < -0.3 is 10.1 Å². The number of rotatable bonds is 7. The highest BCUT2D eigenvalue weighted by atomic mass is 32.2. The minimum Gasteiger partial charge on any atom is -0.465 e. The normalized spacial score (nSPS) is 9.85. The highest BCUT2D eigenvalue weighted by Gasteiger charge is 2.14. The number of hydrogen-bond acceptors (Lipinski definition) is 6. The monoisotopic (exact) mass is 298 g/mol. The van der Waals surface area contributed by atoms with Crippen molar-refractivity contribution in [2.75, 3.05) is 23.4 Å². The van der Waals surface area contributed by atoms with E-state index in [1.54, 1.807) is 13.0 Å². The van der Waals surface area contributed by atoms with E-state index in [4.69, 9.17) is 4.74 Å². The number of para-hydroxylation sites is 2. The summed E-state index contributed by atoms with van der Waals surface area (Å²) >= 11 is 1.09. The van der Waals surface area contributed by atoms with Crippen LogP contribution in [-0.4, -0.2) is 34.9 Å². The van der Waals surface area contributed by atoms with E-state index in [1.165, 1.54) is 18.2 Å². The molecule has 0 aliphatic carbocycles. The fraction of sp³-hybridized carbons (Fsp3) is 0.333. The number of carbonyl (C=O) groups is 2. The van der Waals surface area contributed by atoms with Crippen molar-refractivity contribution in [3.05, 3.63) is 34.4 Å². The number of carbonyl (C=O) groups excluding carboxylic acids is 2. The van der Waals surface area contributed by atoms with Crippen LogP contribution in [0.3, 0.4) is 0 Å². The number of anilines is 1. The summed E-state index contributed by atoms with van der Waals surface area (Å²) in [5.74, 6) is -0.715. The van der Waals surface area contributed by atoms with Crippen molar-refractivity contribution in [3.63, 3.8) is 0 Å². The summed E-state index contributed by atoms with van der Waals surface area (Å²) in [5.41, 5.74) is -0.0320. The number of nitro groups is 1. The molecule has 1 amide bonds. The van der Waals surface area contributed by atoms with E-state index >= 15 is 0 Å². The van der Waals surface area contributed by atoms with Gasteiger partial charge in [0.25, 0.3) is 5.69 Å². The largest absolute Gasteiger partial charge is 0.465 e. The number of ether oxygens (including phenoxy) is 1. The van der Waals surface area contributed by atoms with Gasteiger partial charge in [-0.1, -0.05) is 12.1 Å². The Morgan fingerprint density at radius 2 is 2.05 bits per heavy atom. The number of benzene rings is 1. The second-order valence-corrected chi connectivity index (χ2v) is 4.61. The maximum atomic E-state index is 11.6. The van der Waals surface area contributed by atoms with E-state index in [-0.39, 0.29) is 22.9 Å². The highest BCUT2D eigenvalue weighted by Crippen LogP contribution is 2.23. The van der Waals surface area contributed by atoms with Gasteiger partial charge in [0.05, 0.1) is 23.0 Å². The van der Waals surface area contributed by atoms with E-state index < -0.39 is 16.8 Å². The first kappa shape index (κ1) is 16.0. The average molecular weight is 298 g/mol. The molecule has 0 saturated carbocycles. The first-order valence-electron chi connectivity index (χ1n) is 5.81. The van der Waals surface area contributed by atoms with Crippen molar-refractivity contribution in [1.82, 2.24) is 0 Å². The molecule has 0 radical (unpaired) electrons. The van der Waals surface area contributed by atoms with Gasteiger partial charge in [0, 0.05) is 6.07 Å². The molecule has 0 aliphatic heterocycles. The first-order chi connectivity index (χ1) is 9.54. The molecule has 7 nitrogen and oxygen atoms in total. The number of hydrogen-bond donors (Lipinski definition) is 1. The smallest absolute Gasteiger partial charge is 0.315 e. The fourth-order valence-electron chi connectivity index (χ4n) is 1.35. The van der Waals surface area contributed by atoms with Gasteiger partial charge in [-0.25, -0.2) is 0 Å². The number of nitrogens with zero attached hydrogens (tertiary/aromatic N) is 1. The summed E-state index contributed by atoms with van der Waals surface area (Å²) in [6.45, 7) is 1.99. The second kappa shape index (κ2) is 8.16. The quantitative estimate of drug-likeness (QED) is 0.468. The molecule has 0 heterocycles. The third kappa shape index (κ3) is 5.27. The molecular formula is C12H14N2O5S. The minimum absolute atomic E-state index is 0.0187. The third-order valence-corrected chi connectivity index (χ3v) is 3.04. The third-order valence-electron chi connectivity index (χ3n) is 2.13. The summed E-state index contributed by atoms with van der Waals surface area (Å²) in [7, 11) is 0. The standard InChI is InChI=1S/C12H14N2O5S/c1-2-19-12(16)8-20-7-11(15)13-9-5-3-4-6-10(9)14(17)18/h3-6H,2,7-8H2,1H3,(H,13,15). The maximum absolute atomic E-state index is 11.6. The summed E-state index contributed by atoms with van der Waals surface area (Å²) in [6.07, 6.45) is 0. The lowest BCUT2D eigenvalue weighted by Gasteiger charge is -2.05. The molecule has 0 bridgehead atoms. The lowest BCUT2D eigenvalue weighted by Crippen LogP contribution is -2.17. The molecule has 1 aromatic carbocycles. The van der Waals surface area contributed by atoms with E-state index in [1.807, 2.05) is 0 Å². The topological polar surface area (TPSA) is 98.5 Å². The Bertz CT molecular complexity index is 506. The molecule has 1 rings (SSSR count). The zero-order valence-corrected chi connectivity index (χ0v) is 11.6. The van der Waals surface area contributed by atoms with Crippen LogP contribution in [0.15, 0.2) is 24.3 Å². The Labute approximate surface area is 119 Å². The van der Waals surface area contributed by atoms with Gasteiger partial charge in [0.2, 0.25) is 5.91 Å². The summed E-state index contributed by atoms with van der Waals surface area (Å²) in [4.78, 5) is 32.9. The van der Waals surface area contributed by atoms with Gasteiger partial charge in [-0.2, -0.15) is 0 Å². The molecule has 0 spiro atoms. The molecule has 0 aromatic heterocycles. The lowest BCUT2D eigenvalue weighted by molar-refractivity contribution is -0.383. The molecular weight excluding hydrogens is 284 g/mol. The Morgan fingerprint density at radius 1 is 1.35 bits per heavy atom. The van der Waals surface area contributed by atoms with E-state index in [0.29, 0.717) is 6.61 Å². The van der Waals surface area contributed by atoms with E-state index in [2.05, 4.69) is 5.32 Å². The van der Waals surface area contributed by atoms with Crippen molar-refractivity contribution in [2.45, 2.75) is 6.92 Å². The number of nitro benzene ring substituents is 1. The summed E-state index contributed by atoms with van der Waals surface area (Å²) in [6, 6.07) is 5.87. The summed E-state index contributed by atoms with van der Waals surface area (Å²) < 4.78 is 4.71. The predicted octanol–water partition coefficient (Wildman–Crippen LogP) is 1.83. The number of amides is 1. The van der Waals surface area contributed by atoms with Crippen LogP contribution < -0.4 is 5.32 Å². The van der Waals surface area contributed by atoms with Crippen LogP contribution in [0.5, 0.6) is 0 Å². The van der Waals surface area contributed by atoms with Crippen LogP contribution in [0.4, 0.5) is 11.4 Å². The van der Waals surface area contributed by atoms with Gasteiger partial charge in [0.15, 0.2) is 0 Å². The lowest BCUT2D eigenvalue weighted by atomic mass is 10.2. The van der Waals surface area contributed by atoms with E-state index in [0.717, 1.165) is 11.8 Å². The predicted molar refractivity (Wildman–Crippen MR) is 75.7 cm³/mol. The molecule has 0 fully saturated rings. The van der Waals surface area contributed by atoms with Crippen molar-refractivity contribution in [2.24, 2.45) is 0 Å². The van der Waals surface area contributed by atoms with Crippen LogP contribution in [0.1, 0.15) is 6.92 Å². The van der Waals surface area contributed by atoms with Crippen molar-refractivity contribution in [1.29, 1.82) is 0 Å². The van der Waals surface area contributed by atoms with E-state index in [9.17, 15) is 19.7 Å². The number of esters is 1. The van der Waals surface area contributed by atoms with Crippen LogP contribution in [0.2, 0.25) is 0 Å². The van der Waals surface area contributed by atoms with Crippen LogP contribution >= 0.6 is 11.8 Å². The van der Waals surface area contributed by atoms with Crippen LogP contribution in [0.25, 0.3) is 0 Å². The van der Waals surface area contributed by atoms with Gasteiger partial charge in [-0.15, -0.1) is 11.8 Å². The SMILES string of the molecule is CCOC(=O)CSCC(=O)Nc1ccccc1[N+](=O)[O-]. The Hall–Kier alpha value is -2.09. The zero-order valence-electron chi connectivity index (χ0n) is 10.8. The number of nitrogens with one attached hydrogen (secondary N) is 1. The van der Waals surface area contributed by atoms with Gasteiger partial charge in [-0.05, 0) is 13.0 Å². The molecule has 0 atom stereocenters. The van der Waals surface area contributed by atoms with Crippen molar-refractivity contribution in [3.8, 4) is 0 Å². The Balaban J connectivity index is 2.47. The average Bonchev–Trinajstić information content (AvgIpc) is 2.39. The van der Waals surface area contributed by atoms with Crippen LogP contribution in [-0.2, 0) is 14.3 Å². The molecule has 0 aliphatic rings. The zero-order chi connectivity index (χ0) is 15.0. The minimum atomic E-state index is -0.568. The molecule has 0 saturated heterocycles. The molecule has 20 heavy (non-hydrogen) atoms. The van der Waals surface area contributed by atoms with Gasteiger partial charge in [-0.3, -0.25) is 19.7 Å².